The van der Waals surface area contributed by atoms with Gasteiger partial charge in [-0.1, -0.05) is 291 Å². The van der Waals surface area contributed by atoms with Crippen LogP contribution in [-0.4, -0.2) is 18.3 Å². The molecule has 4 heterocycles. The molecular formula is C104H66N6. The SMILES string of the molecule is C#N.N#Cc1c(-n2c3ccc(-c4ccccc4)cc3c3cc(-c4ccccc4)ccc32)c(-n2c3ccc(-c4ccccc4)cc3c3cc(-c4ccccc4)ccc32)cc(-n2c3ccc(-c4ccccc4)cc3c3cc(-c4ccccc4)ccc32)c1-n1c2ccc(-c3ccccc3)cc2c2cc(-c3ccccc3)ccc21. The standard InChI is InChI=1S/C103H65N5.CHN/c104-66-91-102(107-96-53-45-79(71-33-17-5-18-34-71)61-87(96)88-62-80(46-54-97(88)107)72-35-19-6-20-36-72)100(105-92-49-41-75(67-25-9-1-10-26-67)57-83(92)84-58-76(42-50-93(84)105)68-27-11-2-12-28-68)65-101(106-94-51-43-77(69-29-13-3-14-30-69)59-85(94)86-60-78(44-52-95(86)106)70-31-15-4-16-32-70)103(91)108-98-55-47-81(73-37-21-7-22-38-73)63-89(98)90-64-82(48-56-99(90)108)74-39-23-8-24-40-74;1-2/h1-65H;1H. The predicted molar refractivity (Wildman–Crippen MR) is 459 cm³/mol. The second kappa shape index (κ2) is 26.8. The van der Waals surface area contributed by atoms with E-state index in [4.69, 9.17) is 5.26 Å². The molecule has 17 aromatic carbocycles. The summed E-state index contributed by atoms with van der Waals surface area (Å²) in [5.41, 5.74) is 29.3. The molecule has 21 aromatic rings. The van der Waals surface area contributed by atoms with Gasteiger partial charge in [0.15, 0.2) is 0 Å². The van der Waals surface area contributed by atoms with Crippen LogP contribution in [0.5, 0.6) is 0 Å². The van der Waals surface area contributed by atoms with Crippen LogP contribution in [0.3, 0.4) is 0 Å². The molecule has 512 valence electrons. The smallest absolute Gasteiger partial charge is 0.104 e. The van der Waals surface area contributed by atoms with Gasteiger partial charge in [0.1, 0.15) is 11.6 Å². The van der Waals surface area contributed by atoms with E-state index in [1.807, 2.05) is 0 Å². The third-order valence-corrected chi connectivity index (χ3v) is 22.2. The minimum atomic E-state index is 0.493. The van der Waals surface area contributed by atoms with Gasteiger partial charge in [-0.15, -0.1) is 0 Å². The average Bonchev–Trinajstić information content (AvgIpc) is 1.52. The maximum atomic E-state index is 13.6. The summed E-state index contributed by atoms with van der Waals surface area (Å²) in [4.78, 5) is 0. The van der Waals surface area contributed by atoms with E-state index in [0.717, 1.165) is 199 Å². The highest BCUT2D eigenvalue weighted by molar-refractivity contribution is 6.18. The number of nitriles is 2. The fourth-order valence-electron chi connectivity index (χ4n) is 17.1. The first-order chi connectivity index (χ1) is 54.5. The van der Waals surface area contributed by atoms with Crippen molar-refractivity contribution in [2.45, 2.75) is 0 Å². The van der Waals surface area contributed by atoms with Crippen molar-refractivity contribution in [3.63, 3.8) is 0 Å². The van der Waals surface area contributed by atoms with Gasteiger partial charge in [0, 0.05) is 49.7 Å². The van der Waals surface area contributed by atoms with E-state index in [-0.39, 0.29) is 0 Å². The minimum absolute atomic E-state index is 0.493. The highest BCUT2D eigenvalue weighted by atomic mass is 15.1. The van der Waals surface area contributed by atoms with Crippen LogP contribution in [0.2, 0.25) is 0 Å². The molecule has 6 heteroatoms. The van der Waals surface area contributed by atoms with Crippen LogP contribution in [0, 0.1) is 23.2 Å². The zero-order valence-corrected chi connectivity index (χ0v) is 59.8. The lowest BCUT2D eigenvalue weighted by Crippen LogP contribution is -2.13. The molecule has 0 aliphatic heterocycles. The molecule has 4 aromatic heterocycles. The minimum Gasteiger partial charge on any atom is -0.307 e. The molecule has 0 saturated heterocycles. The number of nitrogens with zero attached hydrogens (tertiary/aromatic N) is 6. The van der Waals surface area contributed by atoms with Crippen LogP contribution in [0.25, 0.3) is 199 Å². The first-order valence-corrected chi connectivity index (χ1v) is 37.2. The fourth-order valence-corrected chi connectivity index (χ4v) is 17.1. The summed E-state index contributed by atoms with van der Waals surface area (Å²) >= 11 is 0. The number of hydrogen-bond acceptors (Lipinski definition) is 2. The summed E-state index contributed by atoms with van der Waals surface area (Å²) < 4.78 is 9.82. The topological polar surface area (TPSA) is 67.3 Å². The largest absolute Gasteiger partial charge is 0.307 e. The molecule has 0 fully saturated rings. The third kappa shape index (κ3) is 10.7. The van der Waals surface area contributed by atoms with E-state index in [1.54, 1.807) is 0 Å². The van der Waals surface area contributed by atoms with Crippen LogP contribution in [0.15, 0.2) is 394 Å². The summed E-state index contributed by atoms with van der Waals surface area (Å²) in [5, 5.41) is 28.7. The molecule has 0 spiro atoms. The van der Waals surface area contributed by atoms with E-state index >= 15 is 0 Å². The van der Waals surface area contributed by atoms with Crippen LogP contribution in [0.4, 0.5) is 0 Å². The summed E-state index contributed by atoms with van der Waals surface area (Å²) in [5.74, 6) is 0. The van der Waals surface area contributed by atoms with Gasteiger partial charge in [-0.2, -0.15) is 5.26 Å². The van der Waals surface area contributed by atoms with E-state index < -0.39 is 0 Å². The normalized spacial score (nSPS) is 11.5. The van der Waals surface area contributed by atoms with Gasteiger partial charge in [0.25, 0.3) is 0 Å². The van der Waals surface area contributed by atoms with Gasteiger partial charge in [-0.25, -0.2) is 5.26 Å². The molecular weight excluding hydrogens is 1330 g/mol. The van der Waals surface area contributed by atoms with Crippen molar-refractivity contribution >= 4 is 87.2 Å². The second-order valence-electron chi connectivity index (χ2n) is 28.2. The van der Waals surface area contributed by atoms with E-state index in [0.29, 0.717) is 5.56 Å². The molecule has 0 aliphatic rings. The van der Waals surface area contributed by atoms with Crippen LogP contribution in [-0.2, 0) is 0 Å². The summed E-state index contributed by atoms with van der Waals surface area (Å²) in [6.45, 7) is 3.50. The Morgan fingerprint density at radius 2 is 0.327 bits per heavy atom. The monoisotopic (exact) mass is 1400 g/mol. The zero-order valence-electron chi connectivity index (χ0n) is 59.8. The van der Waals surface area contributed by atoms with Crippen molar-refractivity contribution in [1.29, 1.82) is 10.5 Å². The molecule has 0 unspecified atom stereocenters. The van der Waals surface area contributed by atoms with Gasteiger partial charge in [-0.3, -0.25) is 0 Å². The molecule has 0 atom stereocenters. The Kier molecular flexibility index (Phi) is 15.7. The number of benzene rings is 17. The second-order valence-corrected chi connectivity index (χ2v) is 28.2. The molecule has 0 amide bonds. The van der Waals surface area contributed by atoms with Gasteiger partial charge in [0.05, 0.1) is 66.9 Å². The first-order valence-electron chi connectivity index (χ1n) is 37.2. The Bertz CT molecular complexity index is 6420. The lowest BCUT2D eigenvalue weighted by atomic mass is 10.0. The number of aromatic nitrogens is 4. The van der Waals surface area contributed by atoms with Crippen molar-refractivity contribution in [2.75, 3.05) is 0 Å². The van der Waals surface area contributed by atoms with Gasteiger partial charge < -0.3 is 18.3 Å². The van der Waals surface area contributed by atoms with Gasteiger partial charge in [-0.05, 0) is 192 Å². The van der Waals surface area contributed by atoms with Crippen molar-refractivity contribution in [2.24, 2.45) is 0 Å². The van der Waals surface area contributed by atoms with Crippen LogP contribution < -0.4 is 0 Å². The fraction of sp³-hybridized carbons (Fsp3) is 0. The van der Waals surface area contributed by atoms with Crippen molar-refractivity contribution in [3.8, 4) is 124 Å². The Morgan fingerprint density at radius 1 is 0.173 bits per heavy atom. The molecule has 21 rings (SSSR count). The van der Waals surface area contributed by atoms with Crippen molar-refractivity contribution < 1.29 is 0 Å². The molecule has 0 saturated carbocycles. The van der Waals surface area contributed by atoms with Crippen LogP contribution >= 0.6 is 0 Å². The highest BCUT2D eigenvalue weighted by Gasteiger charge is 2.32. The number of rotatable bonds is 12. The van der Waals surface area contributed by atoms with E-state index in [9.17, 15) is 5.26 Å². The summed E-state index contributed by atoms with van der Waals surface area (Å²) in [6.07, 6.45) is 0. The summed E-state index contributed by atoms with van der Waals surface area (Å²) in [6, 6.07) is 147. The van der Waals surface area contributed by atoms with Gasteiger partial charge >= 0.3 is 0 Å². The summed E-state index contributed by atoms with van der Waals surface area (Å²) in [7, 11) is 0. The van der Waals surface area contributed by atoms with Gasteiger partial charge in [0.2, 0.25) is 0 Å². The lowest BCUT2D eigenvalue weighted by Gasteiger charge is -2.25. The molecule has 0 bridgehead atoms. The van der Waals surface area contributed by atoms with Crippen molar-refractivity contribution in [3.05, 3.63) is 400 Å². The van der Waals surface area contributed by atoms with E-state index in [2.05, 4.69) is 425 Å². The van der Waals surface area contributed by atoms with E-state index in [1.165, 1.54) is 0 Å². The molecule has 6 nitrogen and oxygen atoms in total. The Labute approximate surface area is 636 Å². The molecule has 110 heavy (non-hydrogen) atoms. The number of hydrogen-bond donors (Lipinski definition) is 0. The Hall–Kier alpha value is -15.1. The first kappa shape index (κ1) is 64.5. The highest BCUT2D eigenvalue weighted by Crippen LogP contribution is 2.50. The lowest BCUT2D eigenvalue weighted by molar-refractivity contribution is 1.03. The quantitative estimate of drug-likeness (QED) is 0.122. The predicted octanol–water partition coefficient (Wildman–Crippen LogP) is 27.4. The zero-order chi connectivity index (χ0) is 73.3. The third-order valence-electron chi connectivity index (χ3n) is 22.2. The maximum absolute atomic E-state index is 13.6. The maximum Gasteiger partial charge on any atom is 0.104 e. The molecule has 0 N–H and O–H groups in total. The number of fused-ring (bicyclic) bond motifs is 12. The Morgan fingerprint density at radius 3 is 0.482 bits per heavy atom. The van der Waals surface area contributed by atoms with Crippen LogP contribution in [0.1, 0.15) is 5.56 Å². The molecule has 0 aliphatic carbocycles. The van der Waals surface area contributed by atoms with Crippen molar-refractivity contribution in [1.82, 2.24) is 18.3 Å². The average molecular weight is 1400 g/mol. The molecule has 0 radical (unpaired) electrons. The Balaban J connectivity index is 0.00000393.